The molecule has 0 unspecified atom stereocenters. The first-order chi connectivity index (χ1) is 8.74. The third-order valence-electron chi connectivity index (χ3n) is 2.85. The SMILES string of the molecule is COc1cc(OC)c2nc(Cl)c3[nH]ncc3c2c1. The number of benzene rings is 1. The van der Waals surface area contributed by atoms with E-state index in [0.717, 1.165) is 10.8 Å². The van der Waals surface area contributed by atoms with Crippen LogP contribution >= 0.6 is 11.6 Å². The summed E-state index contributed by atoms with van der Waals surface area (Å²) in [6.45, 7) is 0. The summed E-state index contributed by atoms with van der Waals surface area (Å²) in [6.07, 6.45) is 1.71. The maximum Gasteiger partial charge on any atom is 0.155 e. The molecule has 6 heteroatoms. The van der Waals surface area contributed by atoms with Crippen molar-refractivity contribution in [3.05, 3.63) is 23.5 Å². The van der Waals surface area contributed by atoms with Gasteiger partial charge in [-0.3, -0.25) is 5.10 Å². The molecule has 0 spiro atoms. The van der Waals surface area contributed by atoms with Crippen molar-refractivity contribution in [1.82, 2.24) is 15.2 Å². The van der Waals surface area contributed by atoms with Crippen molar-refractivity contribution in [2.45, 2.75) is 0 Å². The molecule has 0 aliphatic carbocycles. The lowest BCUT2D eigenvalue weighted by molar-refractivity contribution is 0.397. The standard InChI is InChI=1S/C12H10ClN3O2/c1-17-6-3-7-8-5-14-16-11(8)12(13)15-10(7)9(4-6)18-2/h3-5H,1-2H3,(H,14,16). The molecule has 92 valence electrons. The number of pyridine rings is 1. The molecular weight excluding hydrogens is 254 g/mol. The number of ether oxygens (including phenoxy) is 2. The molecule has 0 saturated carbocycles. The molecule has 5 nitrogen and oxygen atoms in total. The lowest BCUT2D eigenvalue weighted by Gasteiger charge is -2.09. The van der Waals surface area contributed by atoms with E-state index in [-0.39, 0.29) is 0 Å². The Bertz CT molecular complexity index is 739. The maximum atomic E-state index is 6.11. The molecule has 0 radical (unpaired) electrons. The Labute approximate surface area is 108 Å². The second-order valence-corrected chi connectivity index (χ2v) is 4.15. The van der Waals surface area contributed by atoms with E-state index in [2.05, 4.69) is 15.2 Å². The fraction of sp³-hybridized carbons (Fsp3) is 0.167. The minimum absolute atomic E-state index is 0.374. The van der Waals surface area contributed by atoms with Crippen LogP contribution in [0.3, 0.4) is 0 Å². The average molecular weight is 264 g/mol. The number of hydrogen-bond donors (Lipinski definition) is 1. The summed E-state index contributed by atoms with van der Waals surface area (Å²) in [5.41, 5.74) is 1.40. The van der Waals surface area contributed by atoms with Gasteiger partial charge in [-0.05, 0) is 6.07 Å². The van der Waals surface area contributed by atoms with Gasteiger partial charge in [0, 0.05) is 16.8 Å². The summed E-state index contributed by atoms with van der Waals surface area (Å²) in [5.74, 6) is 1.32. The van der Waals surface area contributed by atoms with Gasteiger partial charge in [-0.15, -0.1) is 0 Å². The molecular formula is C12H10ClN3O2. The fourth-order valence-electron chi connectivity index (χ4n) is 1.98. The highest BCUT2D eigenvalue weighted by atomic mass is 35.5. The summed E-state index contributed by atoms with van der Waals surface area (Å²) in [5, 5.41) is 8.97. The van der Waals surface area contributed by atoms with Gasteiger partial charge in [0.25, 0.3) is 0 Å². The summed E-state index contributed by atoms with van der Waals surface area (Å²) in [7, 11) is 3.19. The van der Waals surface area contributed by atoms with Gasteiger partial charge >= 0.3 is 0 Å². The number of nitrogens with zero attached hydrogens (tertiary/aromatic N) is 2. The second-order valence-electron chi connectivity index (χ2n) is 3.79. The van der Waals surface area contributed by atoms with Crippen LogP contribution in [0.1, 0.15) is 0 Å². The Morgan fingerprint density at radius 1 is 1.17 bits per heavy atom. The van der Waals surface area contributed by atoms with E-state index in [0.29, 0.717) is 27.7 Å². The van der Waals surface area contributed by atoms with Crippen LogP contribution in [0.5, 0.6) is 11.5 Å². The molecule has 0 aliphatic rings. The van der Waals surface area contributed by atoms with Crippen molar-refractivity contribution < 1.29 is 9.47 Å². The van der Waals surface area contributed by atoms with Gasteiger partial charge in [-0.25, -0.2) is 4.98 Å². The first kappa shape index (κ1) is 11.1. The zero-order valence-electron chi connectivity index (χ0n) is 9.82. The Balaban J connectivity index is 2.52. The number of hydrogen-bond acceptors (Lipinski definition) is 4. The topological polar surface area (TPSA) is 60.0 Å². The van der Waals surface area contributed by atoms with E-state index in [1.807, 2.05) is 6.07 Å². The molecule has 0 bridgehead atoms. The van der Waals surface area contributed by atoms with Gasteiger partial charge in [-0.1, -0.05) is 11.6 Å². The zero-order valence-corrected chi connectivity index (χ0v) is 10.6. The molecule has 18 heavy (non-hydrogen) atoms. The predicted octanol–water partition coefficient (Wildman–Crippen LogP) is 2.78. The lowest BCUT2D eigenvalue weighted by atomic mass is 10.1. The van der Waals surface area contributed by atoms with Crippen LogP contribution in [-0.2, 0) is 0 Å². The lowest BCUT2D eigenvalue weighted by Crippen LogP contribution is -1.92. The van der Waals surface area contributed by atoms with Gasteiger partial charge in [0.05, 0.1) is 20.4 Å². The molecule has 0 saturated heterocycles. The smallest absolute Gasteiger partial charge is 0.155 e. The van der Waals surface area contributed by atoms with Crippen molar-refractivity contribution in [2.75, 3.05) is 14.2 Å². The molecule has 2 heterocycles. The second kappa shape index (κ2) is 4.03. The van der Waals surface area contributed by atoms with E-state index in [9.17, 15) is 0 Å². The first-order valence-electron chi connectivity index (χ1n) is 5.29. The quantitative estimate of drug-likeness (QED) is 0.722. The maximum absolute atomic E-state index is 6.11. The van der Waals surface area contributed by atoms with Crippen LogP contribution in [0, 0.1) is 0 Å². The van der Waals surface area contributed by atoms with Crippen molar-refractivity contribution >= 4 is 33.4 Å². The molecule has 3 aromatic rings. The van der Waals surface area contributed by atoms with Crippen LogP contribution in [-0.4, -0.2) is 29.4 Å². The van der Waals surface area contributed by atoms with Gasteiger partial charge in [0.15, 0.2) is 5.15 Å². The number of aromatic amines is 1. The summed E-state index contributed by atoms with van der Waals surface area (Å²) in [6, 6.07) is 3.66. The van der Waals surface area contributed by atoms with Crippen molar-refractivity contribution in [3.8, 4) is 11.5 Å². The van der Waals surface area contributed by atoms with Crippen LogP contribution in [0.25, 0.3) is 21.8 Å². The van der Waals surface area contributed by atoms with Crippen molar-refractivity contribution in [2.24, 2.45) is 0 Å². The van der Waals surface area contributed by atoms with E-state index in [1.54, 1.807) is 26.5 Å². The fourth-order valence-corrected chi connectivity index (χ4v) is 2.21. The monoisotopic (exact) mass is 263 g/mol. The van der Waals surface area contributed by atoms with E-state index >= 15 is 0 Å². The number of rotatable bonds is 2. The Morgan fingerprint density at radius 2 is 2.00 bits per heavy atom. The van der Waals surface area contributed by atoms with Crippen LogP contribution in [0.15, 0.2) is 18.3 Å². The third-order valence-corrected chi connectivity index (χ3v) is 3.12. The van der Waals surface area contributed by atoms with Crippen molar-refractivity contribution in [1.29, 1.82) is 0 Å². The Kier molecular flexibility index (Phi) is 2.48. The highest BCUT2D eigenvalue weighted by Gasteiger charge is 2.13. The molecule has 1 aromatic carbocycles. The van der Waals surface area contributed by atoms with Gasteiger partial charge in [0.1, 0.15) is 22.5 Å². The molecule has 2 aromatic heterocycles. The minimum atomic E-state index is 0.374. The molecule has 3 rings (SSSR count). The minimum Gasteiger partial charge on any atom is -0.497 e. The van der Waals surface area contributed by atoms with Gasteiger partial charge in [-0.2, -0.15) is 5.10 Å². The number of nitrogens with one attached hydrogen (secondary N) is 1. The summed E-state index contributed by atoms with van der Waals surface area (Å²) >= 11 is 6.11. The van der Waals surface area contributed by atoms with Gasteiger partial charge < -0.3 is 9.47 Å². The number of aromatic nitrogens is 3. The van der Waals surface area contributed by atoms with Crippen LogP contribution < -0.4 is 9.47 Å². The zero-order chi connectivity index (χ0) is 12.7. The third kappa shape index (κ3) is 1.48. The number of fused-ring (bicyclic) bond motifs is 3. The number of methoxy groups -OCH3 is 2. The Hall–Kier alpha value is -2.01. The first-order valence-corrected chi connectivity index (χ1v) is 5.66. The average Bonchev–Trinajstić information content (AvgIpc) is 2.88. The number of halogens is 1. The number of H-pyrrole nitrogens is 1. The van der Waals surface area contributed by atoms with E-state index in [4.69, 9.17) is 21.1 Å². The largest absolute Gasteiger partial charge is 0.497 e. The molecule has 0 atom stereocenters. The molecule has 0 fully saturated rings. The summed E-state index contributed by atoms with van der Waals surface area (Å²) < 4.78 is 10.6. The molecule has 0 aliphatic heterocycles. The van der Waals surface area contributed by atoms with E-state index in [1.165, 1.54) is 0 Å². The van der Waals surface area contributed by atoms with Crippen LogP contribution in [0.4, 0.5) is 0 Å². The highest BCUT2D eigenvalue weighted by Crippen LogP contribution is 2.35. The molecule has 0 amide bonds. The van der Waals surface area contributed by atoms with Crippen LogP contribution in [0.2, 0.25) is 5.15 Å². The summed E-state index contributed by atoms with van der Waals surface area (Å²) in [4.78, 5) is 4.34. The molecule has 1 N–H and O–H groups in total. The van der Waals surface area contributed by atoms with Gasteiger partial charge in [0.2, 0.25) is 0 Å². The highest BCUT2D eigenvalue weighted by molar-refractivity contribution is 6.35. The van der Waals surface area contributed by atoms with E-state index < -0.39 is 0 Å². The predicted molar refractivity (Wildman–Crippen MR) is 69.5 cm³/mol. The Morgan fingerprint density at radius 3 is 2.72 bits per heavy atom. The normalized spacial score (nSPS) is 11.1. The van der Waals surface area contributed by atoms with Crippen molar-refractivity contribution in [3.63, 3.8) is 0 Å².